The van der Waals surface area contributed by atoms with E-state index in [-0.39, 0.29) is 11.8 Å². The highest BCUT2D eigenvalue weighted by Gasteiger charge is 2.29. The number of aromatic nitrogens is 2. The second-order valence-electron chi connectivity index (χ2n) is 6.54. The third-order valence-corrected chi connectivity index (χ3v) is 4.58. The Bertz CT molecular complexity index is 731. The normalized spacial score (nSPS) is 19.5. The zero-order valence-corrected chi connectivity index (χ0v) is 13.9. The van der Waals surface area contributed by atoms with Crippen molar-refractivity contribution >= 4 is 17.7 Å². The van der Waals surface area contributed by atoms with Gasteiger partial charge in [-0.25, -0.2) is 0 Å². The fourth-order valence-corrected chi connectivity index (χ4v) is 3.28. The predicted octanol–water partition coefficient (Wildman–Crippen LogP) is 2.70. The lowest BCUT2D eigenvalue weighted by atomic mass is 10.00. The molecule has 2 atom stereocenters. The first-order chi connectivity index (χ1) is 12.1. The Balaban J connectivity index is 1.50. The van der Waals surface area contributed by atoms with Crippen molar-refractivity contribution in [2.75, 3.05) is 5.32 Å². The Labute approximate surface area is 146 Å². The summed E-state index contributed by atoms with van der Waals surface area (Å²) in [5, 5.41) is 20.0. The van der Waals surface area contributed by atoms with Crippen LogP contribution >= 0.6 is 0 Å². The van der Waals surface area contributed by atoms with Crippen LogP contribution in [0.5, 0.6) is 0 Å². The molecular weight excluding hydrogens is 318 g/mol. The number of hydrogen-bond donors (Lipinski definition) is 2. The van der Waals surface area contributed by atoms with E-state index >= 15 is 0 Å². The summed E-state index contributed by atoms with van der Waals surface area (Å²) in [4.78, 5) is 23.0. The van der Waals surface area contributed by atoms with E-state index in [1.165, 1.54) is 0 Å². The molecule has 1 amide bonds. The number of aliphatic carboxylic acids is 1. The Kier molecular flexibility index (Phi) is 5.38. The van der Waals surface area contributed by atoms with Gasteiger partial charge in [0.05, 0.1) is 18.0 Å². The molecule has 1 heterocycles. The Morgan fingerprint density at radius 1 is 1.08 bits per heavy atom. The van der Waals surface area contributed by atoms with Gasteiger partial charge in [-0.1, -0.05) is 30.3 Å². The number of amides is 1. The van der Waals surface area contributed by atoms with E-state index < -0.39 is 5.97 Å². The molecule has 1 aliphatic carbocycles. The topological polar surface area (TPSA) is 92.2 Å². The molecule has 2 unspecified atom stereocenters. The van der Waals surface area contributed by atoms with Crippen molar-refractivity contribution < 1.29 is 14.7 Å². The molecule has 3 rings (SSSR count). The van der Waals surface area contributed by atoms with Crippen LogP contribution in [-0.4, -0.2) is 27.2 Å². The lowest BCUT2D eigenvalue weighted by molar-refractivity contribution is -0.141. The third kappa shape index (κ3) is 4.86. The van der Waals surface area contributed by atoms with Crippen LogP contribution in [0.15, 0.2) is 42.5 Å². The first-order valence-corrected chi connectivity index (χ1v) is 8.49. The quantitative estimate of drug-likeness (QED) is 0.844. The first kappa shape index (κ1) is 17.1. The molecule has 0 spiro atoms. The number of nitrogens with one attached hydrogen (secondary N) is 1. The number of benzene rings is 1. The van der Waals surface area contributed by atoms with Gasteiger partial charge in [0.1, 0.15) is 0 Å². The number of carboxylic acids is 1. The van der Waals surface area contributed by atoms with E-state index in [9.17, 15) is 9.59 Å². The van der Waals surface area contributed by atoms with Gasteiger partial charge in [-0.15, -0.1) is 5.10 Å². The van der Waals surface area contributed by atoms with Gasteiger partial charge in [0.2, 0.25) is 5.91 Å². The predicted molar refractivity (Wildman–Crippen MR) is 93.0 cm³/mol. The monoisotopic (exact) mass is 339 g/mol. The fraction of sp³-hybridized carbons (Fsp3) is 0.368. The molecule has 0 bridgehead atoms. The van der Waals surface area contributed by atoms with Gasteiger partial charge < -0.3 is 10.4 Å². The van der Waals surface area contributed by atoms with E-state index in [1.54, 1.807) is 6.07 Å². The molecule has 1 fully saturated rings. The average molecular weight is 339 g/mol. The minimum absolute atomic E-state index is 0.131. The lowest BCUT2D eigenvalue weighted by Gasteiger charge is -2.09. The molecule has 2 aromatic rings. The Morgan fingerprint density at radius 2 is 1.88 bits per heavy atom. The first-order valence-electron chi connectivity index (χ1n) is 8.49. The van der Waals surface area contributed by atoms with Gasteiger partial charge in [-0.3, -0.25) is 9.59 Å². The van der Waals surface area contributed by atoms with E-state index in [1.807, 2.05) is 36.4 Å². The number of hydrogen-bond acceptors (Lipinski definition) is 4. The van der Waals surface area contributed by atoms with Crippen LogP contribution in [0, 0.1) is 11.8 Å². The molecule has 1 aromatic carbocycles. The van der Waals surface area contributed by atoms with Gasteiger partial charge in [-0.2, -0.15) is 5.10 Å². The molecule has 2 N–H and O–H groups in total. The number of anilines is 1. The number of carbonyl (C=O) groups is 2. The SMILES string of the molecule is O=C(Cc1ccccc1)Nc1ccc(CC2CCC(C(=O)O)C2)nn1. The average Bonchev–Trinajstić information content (AvgIpc) is 3.06. The summed E-state index contributed by atoms with van der Waals surface area (Å²) in [6.07, 6.45) is 3.37. The van der Waals surface area contributed by atoms with Crippen molar-refractivity contribution in [3.05, 3.63) is 53.7 Å². The van der Waals surface area contributed by atoms with Gasteiger partial charge in [0, 0.05) is 0 Å². The summed E-state index contributed by atoms with van der Waals surface area (Å²) in [5.41, 5.74) is 1.77. The molecule has 1 aromatic heterocycles. The lowest BCUT2D eigenvalue weighted by Crippen LogP contribution is -2.16. The summed E-state index contributed by atoms with van der Waals surface area (Å²) in [6, 6.07) is 13.1. The number of carboxylic acid groups (broad SMARTS) is 1. The maximum Gasteiger partial charge on any atom is 0.306 e. The van der Waals surface area contributed by atoms with E-state index in [4.69, 9.17) is 5.11 Å². The standard InChI is InChI=1S/C19H21N3O3/c23-18(12-13-4-2-1-3-5-13)20-17-9-8-16(21-22-17)11-14-6-7-15(10-14)19(24)25/h1-5,8-9,14-15H,6-7,10-12H2,(H,24,25)(H,20,22,23). The van der Waals surface area contributed by atoms with Crippen LogP contribution in [0.4, 0.5) is 5.82 Å². The van der Waals surface area contributed by atoms with Crippen LogP contribution < -0.4 is 5.32 Å². The molecule has 0 radical (unpaired) electrons. The second-order valence-corrected chi connectivity index (χ2v) is 6.54. The zero-order chi connectivity index (χ0) is 17.6. The van der Waals surface area contributed by atoms with Crippen molar-refractivity contribution in [1.82, 2.24) is 10.2 Å². The molecule has 25 heavy (non-hydrogen) atoms. The summed E-state index contributed by atoms with van der Waals surface area (Å²) in [7, 11) is 0. The van der Waals surface area contributed by atoms with Crippen molar-refractivity contribution in [3.8, 4) is 0 Å². The minimum Gasteiger partial charge on any atom is -0.481 e. The largest absolute Gasteiger partial charge is 0.481 e. The summed E-state index contributed by atoms with van der Waals surface area (Å²) in [6.45, 7) is 0. The highest BCUT2D eigenvalue weighted by molar-refractivity contribution is 5.91. The molecule has 1 aliphatic rings. The minimum atomic E-state index is -0.704. The molecule has 6 heteroatoms. The van der Waals surface area contributed by atoms with Gasteiger partial charge >= 0.3 is 5.97 Å². The van der Waals surface area contributed by atoms with Crippen LogP contribution in [0.25, 0.3) is 0 Å². The van der Waals surface area contributed by atoms with Crippen molar-refractivity contribution in [2.45, 2.75) is 32.1 Å². The molecule has 6 nitrogen and oxygen atoms in total. The number of nitrogens with zero attached hydrogens (tertiary/aromatic N) is 2. The highest BCUT2D eigenvalue weighted by Crippen LogP contribution is 2.32. The van der Waals surface area contributed by atoms with Crippen LogP contribution in [-0.2, 0) is 22.4 Å². The van der Waals surface area contributed by atoms with Crippen LogP contribution in [0.2, 0.25) is 0 Å². The second kappa shape index (κ2) is 7.88. The van der Waals surface area contributed by atoms with Crippen LogP contribution in [0.1, 0.15) is 30.5 Å². The third-order valence-electron chi connectivity index (χ3n) is 4.58. The smallest absolute Gasteiger partial charge is 0.306 e. The summed E-state index contributed by atoms with van der Waals surface area (Å²) >= 11 is 0. The van der Waals surface area contributed by atoms with Crippen molar-refractivity contribution in [1.29, 1.82) is 0 Å². The number of rotatable bonds is 6. The molecule has 0 saturated heterocycles. The Morgan fingerprint density at radius 3 is 2.52 bits per heavy atom. The maximum atomic E-state index is 12.0. The highest BCUT2D eigenvalue weighted by atomic mass is 16.4. The van der Waals surface area contributed by atoms with E-state index in [0.29, 0.717) is 24.6 Å². The fourth-order valence-electron chi connectivity index (χ4n) is 3.28. The van der Waals surface area contributed by atoms with Crippen molar-refractivity contribution in [3.63, 3.8) is 0 Å². The zero-order valence-electron chi connectivity index (χ0n) is 13.9. The summed E-state index contributed by atoms with van der Waals surface area (Å²) in [5.74, 6) is -0.290. The summed E-state index contributed by atoms with van der Waals surface area (Å²) < 4.78 is 0. The molecular formula is C19H21N3O3. The molecule has 130 valence electrons. The van der Waals surface area contributed by atoms with Gasteiger partial charge in [-0.05, 0) is 49.3 Å². The van der Waals surface area contributed by atoms with E-state index in [2.05, 4.69) is 15.5 Å². The van der Waals surface area contributed by atoms with Gasteiger partial charge in [0.25, 0.3) is 0 Å². The molecule has 1 saturated carbocycles. The van der Waals surface area contributed by atoms with E-state index in [0.717, 1.165) is 30.5 Å². The van der Waals surface area contributed by atoms with Crippen molar-refractivity contribution in [2.24, 2.45) is 11.8 Å². The number of carbonyl (C=O) groups excluding carboxylic acids is 1. The Hall–Kier alpha value is -2.76. The van der Waals surface area contributed by atoms with Gasteiger partial charge in [0.15, 0.2) is 5.82 Å². The van der Waals surface area contributed by atoms with Crippen LogP contribution in [0.3, 0.4) is 0 Å². The molecule has 0 aliphatic heterocycles. The maximum absolute atomic E-state index is 12.0.